The number of aldehydes is 1. The molecule has 0 aromatic rings. The summed E-state index contributed by atoms with van der Waals surface area (Å²) in [6.45, 7) is 3.40. The number of hydrogen-bond donors (Lipinski definition) is 7. The molecule has 1 atom stereocenters. The molecule has 0 bridgehead atoms. The third kappa shape index (κ3) is 25.3. The molecule has 2 amide bonds. The molecule has 0 radical (unpaired) electrons. The van der Waals surface area contributed by atoms with Gasteiger partial charge in [0.05, 0.1) is 71.7 Å². The van der Waals surface area contributed by atoms with Gasteiger partial charge in [-0.15, -0.1) is 0 Å². The van der Waals surface area contributed by atoms with Crippen LogP contribution in [0.4, 0.5) is 0 Å². The molecular weight excluding hydrogens is 654 g/mol. The van der Waals surface area contributed by atoms with Crippen molar-refractivity contribution in [2.75, 3.05) is 125 Å². The number of amides is 2. The van der Waals surface area contributed by atoms with Gasteiger partial charge in [-0.2, -0.15) is 0 Å². The van der Waals surface area contributed by atoms with E-state index in [-0.39, 0.29) is 123 Å². The second kappa shape index (κ2) is 29.6. The van der Waals surface area contributed by atoms with E-state index in [1.807, 2.05) is 10.3 Å². The number of carboxylic acids is 3. The molecule has 20 nitrogen and oxygen atoms in total. The first kappa shape index (κ1) is 45.7. The lowest BCUT2D eigenvalue weighted by molar-refractivity contribution is -0.140. The van der Waals surface area contributed by atoms with Crippen LogP contribution in [0.2, 0.25) is 0 Å². The summed E-state index contributed by atoms with van der Waals surface area (Å²) in [4.78, 5) is 76.7. The first-order valence-corrected chi connectivity index (χ1v) is 16.0. The number of nitrogens with zero attached hydrogens (tertiary/aromatic N) is 4. The summed E-state index contributed by atoms with van der Waals surface area (Å²) in [6.07, 6.45) is 1.16. The topological polar surface area (TPSA) is 274 Å². The molecule has 0 aromatic heterocycles. The van der Waals surface area contributed by atoms with Crippen LogP contribution in [-0.2, 0) is 43.0 Å². The number of carbonyl (C=O) groups is 6. The number of carboxylic acid groups (broad SMARTS) is 3. The van der Waals surface area contributed by atoms with E-state index in [4.69, 9.17) is 25.2 Å². The second-order valence-corrected chi connectivity index (χ2v) is 10.8. The smallest absolute Gasteiger partial charge is 0.317 e. The average molecular weight is 710 g/mol. The Morgan fingerprint density at radius 2 is 1.06 bits per heavy atom. The van der Waals surface area contributed by atoms with Crippen molar-refractivity contribution in [2.24, 2.45) is 5.84 Å². The van der Waals surface area contributed by atoms with Crippen LogP contribution in [0.3, 0.4) is 0 Å². The van der Waals surface area contributed by atoms with E-state index in [9.17, 15) is 44.1 Å². The van der Waals surface area contributed by atoms with Crippen LogP contribution in [0.1, 0.15) is 19.3 Å². The predicted molar refractivity (Wildman–Crippen MR) is 173 cm³/mol. The van der Waals surface area contributed by atoms with E-state index in [0.717, 1.165) is 13.4 Å². The minimum absolute atomic E-state index is 0.0534. The number of hydrogen-bond acceptors (Lipinski definition) is 15. The molecule has 0 aromatic carbocycles. The fourth-order valence-electron chi connectivity index (χ4n) is 4.68. The van der Waals surface area contributed by atoms with Crippen molar-refractivity contribution in [2.45, 2.75) is 25.3 Å². The Kier molecular flexibility index (Phi) is 27.6. The summed E-state index contributed by atoms with van der Waals surface area (Å²) >= 11 is 0. The number of aliphatic hydroxyl groups is 1. The van der Waals surface area contributed by atoms with Crippen molar-refractivity contribution < 1.29 is 63.4 Å². The van der Waals surface area contributed by atoms with Crippen molar-refractivity contribution in [3.63, 3.8) is 0 Å². The zero-order valence-electron chi connectivity index (χ0n) is 28.3. The number of aliphatic hydroxyl groups excluding tert-OH is 1. The fraction of sp³-hybridized carbons (Fsp3) is 0.793. The molecule has 20 heteroatoms. The molecule has 1 rings (SSSR count). The standard InChI is InChI=1S/C28H51N7O12.CH4O/c29-31-25(38)3-13-45-15-17-47-18-16-46-14-4-30-24(37)2-1-23(22-36)35-11-9-33(20-27(41)42)7-5-32(19-26(39)40)6-8-34(10-12-35)21-28(43)44;1-2/h22-23H,1-21,29H2,(H,30,37)(H,31,38)(H,39,40)(H,41,42)(H,43,44);2H,1H3. The summed E-state index contributed by atoms with van der Waals surface area (Å²) in [5, 5.41) is 37.8. The lowest BCUT2D eigenvalue weighted by Crippen LogP contribution is -2.50. The molecule has 1 saturated heterocycles. The minimum Gasteiger partial charge on any atom is -0.480 e. The monoisotopic (exact) mass is 709 g/mol. The molecule has 8 N–H and O–H groups in total. The van der Waals surface area contributed by atoms with E-state index in [1.54, 1.807) is 14.7 Å². The summed E-state index contributed by atoms with van der Waals surface area (Å²) < 4.78 is 16.0. The summed E-state index contributed by atoms with van der Waals surface area (Å²) in [5.74, 6) is 1.26. The SMILES string of the molecule is CO.NNC(=O)CCOCCOCCOCCNC(=O)CCC(C=O)N1CCN(CC(=O)O)CCN(CC(=O)O)CCN(CC(=O)O)CC1. The van der Waals surface area contributed by atoms with E-state index in [0.29, 0.717) is 26.4 Å². The van der Waals surface area contributed by atoms with Crippen LogP contribution in [0.15, 0.2) is 0 Å². The number of carbonyl (C=O) groups excluding carboxylic acids is 3. The molecule has 1 unspecified atom stereocenters. The Morgan fingerprint density at radius 1 is 0.653 bits per heavy atom. The molecule has 1 fully saturated rings. The van der Waals surface area contributed by atoms with Crippen LogP contribution in [-0.4, -0.2) is 207 Å². The summed E-state index contributed by atoms with van der Waals surface area (Å²) in [7, 11) is 1.00. The number of nitrogens with two attached hydrogens (primary N) is 1. The molecule has 0 spiro atoms. The summed E-state index contributed by atoms with van der Waals surface area (Å²) in [5.41, 5.74) is 2.01. The van der Waals surface area contributed by atoms with Gasteiger partial charge in [0.2, 0.25) is 11.8 Å². The van der Waals surface area contributed by atoms with Gasteiger partial charge >= 0.3 is 17.9 Å². The van der Waals surface area contributed by atoms with Gasteiger partial charge in [0.25, 0.3) is 0 Å². The first-order chi connectivity index (χ1) is 23.5. The van der Waals surface area contributed by atoms with Crippen LogP contribution in [0.5, 0.6) is 0 Å². The Bertz CT molecular complexity index is 931. The zero-order valence-corrected chi connectivity index (χ0v) is 28.3. The highest BCUT2D eigenvalue weighted by molar-refractivity contribution is 5.76. The maximum absolute atomic E-state index is 12.5. The van der Waals surface area contributed by atoms with Crippen molar-refractivity contribution in [1.29, 1.82) is 0 Å². The number of aliphatic carboxylic acids is 3. The number of rotatable bonds is 23. The number of ether oxygens (including phenoxy) is 3. The molecule has 0 saturated carbocycles. The third-order valence-corrected chi connectivity index (χ3v) is 7.19. The van der Waals surface area contributed by atoms with E-state index >= 15 is 0 Å². The van der Waals surface area contributed by atoms with E-state index in [1.165, 1.54) is 0 Å². The van der Waals surface area contributed by atoms with Gasteiger partial charge in [0, 0.05) is 72.4 Å². The van der Waals surface area contributed by atoms with Gasteiger partial charge in [-0.1, -0.05) is 0 Å². The largest absolute Gasteiger partial charge is 0.480 e. The Morgan fingerprint density at radius 3 is 1.47 bits per heavy atom. The molecule has 1 aliphatic heterocycles. The van der Waals surface area contributed by atoms with Gasteiger partial charge in [-0.05, 0) is 6.42 Å². The Labute approximate surface area is 286 Å². The highest BCUT2D eigenvalue weighted by Crippen LogP contribution is 2.08. The van der Waals surface area contributed by atoms with Crippen molar-refractivity contribution in [1.82, 2.24) is 30.3 Å². The fourth-order valence-corrected chi connectivity index (χ4v) is 4.68. The summed E-state index contributed by atoms with van der Waals surface area (Å²) in [6, 6.07) is -0.666. The Balaban J connectivity index is 0.0000113. The highest BCUT2D eigenvalue weighted by Gasteiger charge is 2.24. The highest BCUT2D eigenvalue weighted by atomic mass is 16.5. The predicted octanol–water partition coefficient (Wildman–Crippen LogP) is -4.04. The van der Waals surface area contributed by atoms with Gasteiger partial charge in [0.15, 0.2) is 0 Å². The van der Waals surface area contributed by atoms with E-state index in [2.05, 4.69) is 5.32 Å². The first-order valence-electron chi connectivity index (χ1n) is 16.0. The van der Waals surface area contributed by atoms with Gasteiger partial charge < -0.3 is 44.7 Å². The van der Waals surface area contributed by atoms with Crippen LogP contribution < -0.4 is 16.6 Å². The van der Waals surface area contributed by atoms with E-state index < -0.39 is 23.9 Å². The maximum Gasteiger partial charge on any atom is 0.317 e. The van der Waals surface area contributed by atoms with Crippen LogP contribution in [0.25, 0.3) is 0 Å². The van der Waals surface area contributed by atoms with Gasteiger partial charge in [-0.25, -0.2) is 5.84 Å². The number of nitrogens with one attached hydrogen (secondary N) is 2. The van der Waals surface area contributed by atoms with Crippen LogP contribution in [0, 0.1) is 0 Å². The molecule has 49 heavy (non-hydrogen) atoms. The quantitative estimate of drug-likeness (QED) is 0.0175. The second-order valence-electron chi connectivity index (χ2n) is 10.8. The number of hydrazine groups is 1. The van der Waals surface area contributed by atoms with Crippen LogP contribution >= 0.6 is 0 Å². The zero-order chi connectivity index (χ0) is 36.9. The minimum atomic E-state index is -1.04. The molecule has 0 aliphatic carbocycles. The maximum atomic E-state index is 12.5. The Hall–Kier alpha value is -3.34. The van der Waals surface area contributed by atoms with Gasteiger partial charge in [-0.3, -0.25) is 49.0 Å². The van der Waals surface area contributed by atoms with Crippen molar-refractivity contribution >= 4 is 36.0 Å². The third-order valence-electron chi connectivity index (χ3n) is 7.19. The molecule has 1 aliphatic rings. The molecular formula is C29H55N7O13. The normalized spacial score (nSPS) is 16.2. The van der Waals surface area contributed by atoms with Gasteiger partial charge in [0.1, 0.15) is 6.29 Å². The molecule has 1 heterocycles. The average Bonchev–Trinajstić information content (AvgIpc) is 3.06. The lowest BCUT2D eigenvalue weighted by atomic mass is 10.1. The molecule has 284 valence electrons. The van der Waals surface area contributed by atoms with Crippen molar-refractivity contribution in [3.8, 4) is 0 Å². The van der Waals surface area contributed by atoms with Crippen molar-refractivity contribution in [3.05, 3.63) is 0 Å². The lowest BCUT2D eigenvalue weighted by Gasteiger charge is -2.35.